The van der Waals surface area contributed by atoms with Gasteiger partial charge in [0.25, 0.3) is 0 Å². The molecule has 2 atom stereocenters. The maximum Gasteiger partial charge on any atom is 0.356 e. The van der Waals surface area contributed by atoms with Gasteiger partial charge in [-0.2, -0.15) is 0 Å². The molecule has 2 N–H and O–H groups in total. The molecular formula is C12H17N3O3. The number of nitrogens with one attached hydrogen (secondary N) is 1. The highest BCUT2D eigenvalue weighted by Crippen LogP contribution is 2.21. The van der Waals surface area contributed by atoms with Gasteiger partial charge < -0.3 is 15.2 Å². The second kappa shape index (κ2) is 5.77. The molecule has 0 radical (unpaired) electrons. The van der Waals surface area contributed by atoms with Crippen molar-refractivity contribution in [2.24, 2.45) is 11.8 Å². The van der Waals surface area contributed by atoms with Gasteiger partial charge in [-0.1, -0.05) is 6.92 Å². The zero-order valence-electron chi connectivity index (χ0n) is 10.3. The van der Waals surface area contributed by atoms with Crippen LogP contribution in [0, 0.1) is 11.8 Å². The van der Waals surface area contributed by atoms with Crippen LogP contribution in [0.3, 0.4) is 0 Å². The first-order chi connectivity index (χ1) is 8.66. The predicted molar refractivity (Wildman–Crippen MR) is 65.6 cm³/mol. The fraction of sp³-hybridized carbons (Fsp3) is 0.583. The molecule has 1 aliphatic rings. The molecule has 1 saturated heterocycles. The largest absolute Gasteiger partial charge is 0.476 e. The van der Waals surface area contributed by atoms with Gasteiger partial charge >= 0.3 is 5.97 Å². The summed E-state index contributed by atoms with van der Waals surface area (Å²) < 4.78 is 5.39. The summed E-state index contributed by atoms with van der Waals surface area (Å²) in [4.78, 5) is 18.5. The lowest BCUT2D eigenvalue weighted by molar-refractivity contribution is 0.0284. The van der Waals surface area contributed by atoms with Crippen molar-refractivity contribution in [3.05, 3.63) is 18.1 Å². The summed E-state index contributed by atoms with van der Waals surface area (Å²) in [6, 6.07) is 0. The van der Waals surface area contributed by atoms with E-state index in [9.17, 15) is 4.79 Å². The molecule has 6 heteroatoms. The van der Waals surface area contributed by atoms with Gasteiger partial charge in [0, 0.05) is 19.8 Å². The number of carboxylic acids is 1. The van der Waals surface area contributed by atoms with Gasteiger partial charge in [-0.15, -0.1) is 0 Å². The van der Waals surface area contributed by atoms with Crippen LogP contribution < -0.4 is 5.32 Å². The number of aromatic nitrogens is 2. The fourth-order valence-electron chi connectivity index (χ4n) is 1.99. The first kappa shape index (κ1) is 12.8. The number of aromatic carboxylic acids is 1. The molecule has 1 aromatic heterocycles. The Labute approximate surface area is 105 Å². The van der Waals surface area contributed by atoms with Crippen molar-refractivity contribution in [3.8, 4) is 0 Å². The van der Waals surface area contributed by atoms with Crippen LogP contribution in [0.25, 0.3) is 0 Å². The van der Waals surface area contributed by atoms with Gasteiger partial charge in [-0.05, 0) is 18.3 Å². The number of rotatable bonds is 4. The van der Waals surface area contributed by atoms with Gasteiger partial charge in [0.15, 0.2) is 5.69 Å². The molecule has 6 nitrogen and oxygen atoms in total. The maximum atomic E-state index is 10.6. The van der Waals surface area contributed by atoms with Gasteiger partial charge in [-0.3, -0.25) is 0 Å². The minimum atomic E-state index is -1.06. The van der Waals surface area contributed by atoms with Crippen LogP contribution in [-0.4, -0.2) is 40.8 Å². The van der Waals surface area contributed by atoms with Crippen molar-refractivity contribution in [1.29, 1.82) is 0 Å². The Morgan fingerprint density at radius 1 is 1.56 bits per heavy atom. The second-order valence-corrected chi connectivity index (χ2v) is 4.57. The summed E-state index contributed by atoms with van der Waals surface area (Å²) in [7, 11) is 0. The number of nitrogens with zero attached hydrogens (tertiary/aromatic N) is 2. The van der Waals surface area contributed by atoms with E-state index in [0.717, 1.165) is 26.2 Å². The van der Waals surface area contributed by atoms with E-state index >= 15 is 0 Å². The van der Waals surface area contributed by atoms with Crippen LogP contribution in [0.5, 0.6) is 0 Å². The van der Waals surface area contributed by atoms with E-state index in [0.29, 0.717) is 17.7 Å². The molecule has 0 spiro atoms. The number of carbonyl (C=O) groups is 1. The van der Waals surface area contributed by atoms with E-state index in [-0.39, 0.29) is 5.69 Å². The lowest BCUT2D eigenvalue weighted by Crippen LogP contribution is -2.30. The normalized spacial score (nSPS) is 23.6. The van der Waals surface area contributed by atoms with Gasteiger partial charge in [0.05, 0.1) is 12.4 Å². The number of hydrogen-bond donors (Lipinski definition) is 2. The van der Waals surface area contributed by atoms with Crippen LogP contribution in [0.15, 0.2) is 12.4 Å². The SMILES string of the molecule is CC1COCCC1CNc1cnc(C(=O)O)cn1. The minimum absolute atomic E-state index is 0.0417. The maximum absolute atomic E-state index is 10.6. The summed E-state index contributed by atoms with van der Waals surface area (Å²) in [6.07, 6.45) is 3.75. The Balaban J connectivity index is 1.87. The molecule has 0 saturated carbocycles. The van der Waals surface area contributed by atoms with Crippen molar-refractivity contribution in [1.82, 2.24) is 9.97 Å². The van der Waals surface area contributed by atoms with Crippen molar-refractivity contribution in [2.75, 3.05) is 25.1 Å². The van der Waals surface area contributed by atoms with Gasteiger partial charge in [0.1, 0.15) is 5.82 Å². The molecule has 1 aromatic rings. The first-order valence-electron chi connectivity index (χ1n) is 6.04. The number of ether oxygens (including phenoxy) is 1. The standard InChI is InChI=1S/C12H17N3O3/c1-8-7-18-3-2-9(8)4-14-11-6-13-10(5-15-11)12(16)17/h5-6,8-9H,2-4,7H2,1H3,(H,14,15)(H,16,17). The van der Waals surface area contributed by atoms with Crippen molar-refractivity contribution >= 4 is 11.8 Å². The van der Waals surface area contributed by atoms with E-state index < -0.39 is 5.97 Å². The highest BCUT2D eigenvalue weighted by molar-refractivity contribution is 5.84. The van der Waals surface area contributed by atoms with Gasteiger partial charge in [0.2, 0.25) is 0 Å². The molecule has 18 heavy (non-hydrogen) atoms. The van der Waals surface area contributed by atoms with Gasteiger partial charge in [-0.25, -0.2) is 14.8 Å². The van der Waals surface area contributed by atoms with E-state index in [2.05, 4.69) is 22.2 Å². The quantitative estimate of drug-likeness (QED) is 0.838. The second-order valence-electron chi connectivity index (χ2n) is 4.57. The Morgan fingerprint density at radius 2 is 2.39 bits per heavy atom. The Morgan fingerprint density at radius 3 is 3.00 bits per heavy atom. The van der Waals surface area contributed by atoms with E-state index in [4.69, 9.17) is 9.84 Å². The van der Waals surface area contributed by atoms with Crippen molar-refractivity contribution < 1.29 is 14.6 Å². The molecule has 1 aliphatic heterocycles. The predicted octanol–water partition coefficient (Wildman–Crippen LogP) is 1.26. The highest BCUT2D eigenvalue weighted by Gasteiger charge is 2.21. The number of hydrogen-bond acceptors (Lipinski definition) is 5. The molecule has 1 fully saturated rings. The number of anilines is 1. The summed E-state index contributed by atoms with van der Waals surface area (Å²) >= 11 is 0. The molecule has 2 rings (SSSR count). The molecule has 0 amide bonds. The van der Waals surface area contributed by atoms with Crippen molar-refractivity contribution in [3.63, 3.8) is 0 Å². The Bertz CT molecular complexity index is 408. The average molecular weight is 251 g/mol. The molecular weight excluding hydrogens is 234 g/mol. The van der Waals surface area contributed by atoms with Crippen LogP contribution in [0.2, 0.25) is 0 Å². The minimum Gasteiger partial charge on any atom is -0.476 e. The monoisotopic (exact) mass is 251 g/mol. The molecule has 2 heterocycles. The molecule has 0 aliphatic carbocycles. The average Bonchev–Trinajstić information content (AvgIpc) is 2.38. The first-order valence-corrected chi connectivity index (χ1v) is 6.04. The van der Waals surface area contributed by atoms with E-state index in [1.54, 1.807) is 0 Å². The zero-order valence-corrected chi connectivity index (χ0v) is 10.3. The summed E-state index contributed by atoms with van der Waals surface area (Å²) in [5.74, 6) is 0.628. The summed E-state index contributed by atoms with van der Waals surface area (Å²) in [5, 5.41) is 11.9. The van der Waals surface area contributed by atoms with E-state index in [1.165, 1.54) is 12.4 Å². The topological polar surface area (TPSA) is 84.3 Å². The summed E-state index contributed by atoms with van der Waals surface area (Å²) in [5.41, 5.74) is -0.0417. The molecule has 0 aromatic carbocycles. The zero-order chi connectivity index (χ0) is 13.0. The van der Waals surface area contributed by atoms with Crippen LogP contribution in [-0.2, 0) is 4.74 Å². The molecule has 2 unspecified atom stereocenters. The third-order valence-electron chi connectivity index (χ3n) is 3.23. The highest BCUT2D eigenvalue weighted by atomic mass is 16.5. The Hall–Kier alpha value is -1.69. The fourth-order valence-corrected chi connectivity index (χ4v) is 1.99. The molecule has 0 bridgehead atoms. The molecule has 98 valence electrons. The Kier molecular flexibility index (Phi) is 4.09. The summed E-state index contributed by atoms with van der Waals surface area (Å²) in [6.45, 7) is 4.59. The lowest BCUT2D eigenvalue weighted by Gasteiger charge is -2.28. The third-order valence-corrected chi connectivity index (χ3v) is 3.23. The van der Waals surface area contributed by atoms with E-state index in [1.807, 2.05) is 0 Å². The van der Waals surface area contributed by atoms with Crippen LogP contribution in [0.4, 0.5) is 5.82 Å². The smallest absolute Gasteiger partial charge is 0.356 e. The third kappa shape index (κ3) is 3.16. The lowest BCUT2D eigenvalue weighted by atomic mass is 9.90. The number of carboxylic acid groups (broad SMARTS) is 1. The van der Waals surface area contributed by atoms with Crippen molar-refractivity contribution in [2.45, 2.75) is 13.3 Å². The van der Waals surface area contributed by atoms with Crippen LogP contribution >= 0.6 is 0 Å². The van der Waals surface area contributed by atoms with Crippen LogP contribution in [0.1, 0.15) is 23.8 Å².